The molecular weight excluding hydrogens is 337 g/mol. The van der Waals surface area contributed by atoms with Gasteiger partial charge in [-0.2, -0.15) is 4.98 Å². The fourth-order valence-electron chi connectivity index (χ4n) is 3.02. The van der Waals surface area contributed by atoms with Gasteiger partial charge in [-0.15, -0.1) is 0 Å². The maximum absolute atomic E-state index is 13.0. The summed E-state index contributed by atoms with van der Waals surface area (Å²) in [6, 6.07) is 13.2. The lowest BCUT2D eigenvalue weighted by atomic mass is 10.1. The zero-order valence-corrected chi connectivity index (χ0v) is 14.1. The number of amides is 1. The van der Waals surface area contributed by atoms with Crippen molar-refractivity contribution in [1.29, 1.82) is 0 Å². The topological polar surface area (TPSA) is 68.5 Å². The first kappa shape index (κ1) is 16.3. The molecular formula is C19H16FN3O3. The molecule has 1 atom stereocenters. The second-order valence-corrected chi connectivity index (χ2v) is 6.07. The molecule has 0 spiro atoms. The highest BCUT2D eigenvalue weighted by atomic mass is 19.1. The molecule has 1 unspecified atom stereocenters. The van der Waals surface area contributed by atoms with E-state index in [0.717, 1.165) is 5.69 Å². The summed E-state index contributed by atoms with van der Waals surface area (Å²) in [6.45, 7) is 0.467. The van der Waals surface area contributed by atoms with Gasteiger partial charge in [-0.05, 0) is 36.4 Å². The fraction of sp³-hybridized carbons (Fsp3) is 0.211. The van der Waals surface area contributed by atoms with Crippen LogP contribution in [-0.4, -0.2) is 29.7 Å². The molecule has 26 heavy (non-hydrogen) atoms. The molecule has 6 nitrogen and oxygen atoms in total. The second kappa shape index (κ2) is 6.59. The van der Waals surface area contributed by atoms with E-state index >= 15 is 0 Å². The molecule has 132 valence electrons. The van der Waals surface area contributed by atoms with Crippen LogP contribution in [0.15, 0.2) is 53.1 Å². The Hall–Kier alpha value is -3.22. The largest absolute Gasteiger partial charge is 0.497 e. The van der Waals surface area contributed by atoms with Crippen molar-refractivity contribution in [2.24, 2.45) is 0 Å². The number of rotatable bonds is 4. The molecule has 1 aliphatic rings. The molecule has 1 amide bonds. The van der Waals surface area contributed by atoms with Gasteiger partial charge in [0.2, 0.25) is 5.91 Å². The number of ether oxygens (including phenoxy) is 1. The van der Waals surface area contributed by atoms with Gasteiger partial charge in [-0.1, -0.05) is 11.2 Å². The summed E-state index contributed by atoms with van der Waals surface area (Å²) in [4.78, 5) is 18.5. The molecule has 3 aromatic rings. The normalized spacial score (nSPS) is 16.9. The Kier molecular flexibility index (Phi) is 4.12. The smallest absolute Gasteiger partial charge is 0.257 e. The molecule has 4 rings (SSSR count). The van der Waals surface area contributed by atoms with Crippen molar-refractivity contribution in [2.75, 3.05) is 18.6 Å². The number of halogens is 1. The van der Waals surface area contributed by atoms with Crippen LogP contribution in [0.1, 0.15) is 18.2 Å². The quantitative estimate of drug-likeness (QED) is 0.719. The highest BCUT2D eigenvalue weighted by Gasteiger charge is 2.34. The van der Waals surface area contributed by atoms with Crippen molar-refractivity contribution in [3.05, 3.63) is 60.2 Å². The number of aromatic nitrogens is 2. The van der Waals surface area contributed by atoms with Crippen LogP contribution in [0.4, 0.5) is 10.1 Å². The van der Waals surface area contributed by atoms with Crippen LogP contribution in [0.3, 0.4) is 0 Å². The summed E-state index contributed by atoms with van der Waals surface area (Å²) in [5.41, 5.74) is 1.42. The van der Waals surface area contributed by atoms with Crippen molar-refractivity contribution < 1.29 is 18.4 Å². The fourth-order valence-corrected chi connectivity index (χ4v) is 3.02. The number of methoxy groups -OCH3 is 1. The molecule has 1 aliphatic heterocycles. The summed E-state index contributed by atoms with van der Waals surface area (Å²) in [5, 5.41) is 4.01. The lowest BCUT2D eigenvalue weighted by Crippen LogP contribution is -2.24. The number of hydrogen-bond donors (Lipinski definition) is 0. The van der Waals surface area contributed by atoms with E-state index in [-0.39, 0.29) is 17.6 Å². The van der Waals surface area contributed by atoms with Crippen molar-refractivity contribution in [3.8, 4) is 17.2 Å². The third kappa shape index (κ3) is 3.03. The molecule has 0 saturated carbocycles. The van der Waals surface area contributed by atoms with Gasteiger partial charge in [0.25, 0.3) is 5.89 Å². The highest BCUT2D eigenvalue weighted by molar-refractivity contribution is 5.96. The zero-order chi connectivity index (χ0) is 18.1. The van der Waals surface area contributed by atoms with E-state index in [4.69, 9.17) is 9.26 Å². The minimum Gasteiger partial charge on any atom is -0.497 e. The zero-order valence-electron chi connectivity index (χ0n) is 14.1. The molecule has 0 N–H and O–H groups in total. The number of carbonyl (C=O) groups is 1. The van der Waals surface area contributed by atoms with Crippen LogP contribution in [0, 0.1) is 5.82 Å². The lowest BCUT2D eigenvalue weighted by molar-refractivity contribution is -0.117. The van der Waals surface area contributed by atoms with Crippen LogP contribution in [0.5, 0.6) is 5.75 Å². The Morgan fingerprint density at radius 2 is 2.04 bits per heavy atom. The van der Waals surface area contributed by atoms with Crippen molar-refractivity contribution in [3.63, 3.8) is 0 Å². The first-order valence-electron chi connectivity index (χ1n) is 8.18. The average molecular weight is 353 g/mol. The van der Waals surface area contributed by atoms with Crippen molar-refractivity contribution >= 4 is 11.6 Å². The third-order valence-corrected chi connectivity index (χ3v) is 4.39. The Morgan fingerprint density at radius 3 is 2.81 bits per heavy atom. The Bertz CT molecular complexity index is 939. The molecule has 0 bridgehead atoms. The monoisotopic (exact) mass is 353 g/mol. The summed E-state index contributed by atoms with van der Waals surface area (Å²) in [6.07, 6.45) is 0.305. The van der Waals surface area contributed by atoms with Gasteiger partial charge in [0.1, 0.15) is 11.6 Å². The molecule has 1 aromatic heterocycles. The van der Waals surface area contributed by atoms with Crippen molar-refractivity contribution in [2.45, 2.75) is 12.3 Å². The molecule has 2 aromatic carbocycles. The molecule has 1 saturated heterocycles. The van der Waals surface area contributed by atoms with Gasteiger partial charge in [0, 0.05) is 36.2 Å². The van der Waals surface area contributed by atoms with Crippen LogP contribution in [0.2, 0.25) is 0 Å². The molecule has 2 heterocycles. The van der Waals surface area contributed by atoms with E-state index in [9.17, 15) is 9.18 Å². The summed E-state index contributed by atoms with van der Waals surface area (Å²) in [5.74, 6) is 0.985. The van der Waals surface area contributed by atoms with E-state index in [1.54, 1.807) is 24.1 Å². The highest BCUT2D eigenvalue weighted by Crippen LogP contribution is 2.32. The van der Waals surface area contributed by atoms with E-state index in [2.05, 4.69) is 10.1 Å². The predicted octanol–water partition coefficient (Wildman–Crippen LogP) is 3.40. The third-order valence-electron chi connectivity index (χ3n) is 4.39. The Balaban J connectivity index is 1.54. The van der Waals surface area contributed by atoms with Crippen LogP contribution in [-0.2, 0) is 4.79 Å². The Labute approximate surface area is 149 Å². The minimum absolute atomic E-state index is 0.00335. The molecule has 7 heteroatoms. The molecule has 0 radical (unpaired) electrons. The first-order valence-corrected chi connectivity index (χ1v) is 8.18. The SMILES string of the molecule is COc1cccc(N2CC(c3noc(-c4ccc(F)cc4)n3)CC2=O)c1. The first-order chi connectivity index (χ1) is 12.6. The maximum Gasteiger partial charge on any atom is 0.257 e. The van der Waals surface area contributed by atoms with Crippen LogP contribution in [0.25, 0.3) is 11.5 Å². The van der Waals surface area contributed by atoms with E-state index in [1.165, 1.54) is 12.1 Å². The standard InChI is InChI=1S/C19H16FN3O3/c1-25-16-4-2-3-15(10-16)23-11-13(9-17(23)24)18-21-19(26-22-18)12-5-7-14(20)8-6-12/h2-8,10,13H,9,11H2,1H3. The number of anilines is 1. The summed E-state index contributed by atoms with van der Waals surface area (Å²) < 4.78 is 23.5. The second-order valence-electron chi connectivity index (χ2n) is 6.07. The van der Waals surface area contributed by atoms with Gasteiger partial charge < -0.3 is 14.2 Å². The lowest BCUT2D eigenvalue weighted by Gasteiger charge is -2.16. The van der Waals surface area contributed by atoms with E-state index < -0.39 is 0 Å². The molecule has 1 fully saturated rings. The van der Waals surface area contributed by atoms with Gasteiger partial charge in [-0.25, -0.2) is 4.39 Å². The van der Waals surface area contributed by atoms with E-state index in [1.807, 2.05) is 24.3 Å². The maximum atomic E-state index is 13.0. The molecule has 0 aliphatic carbocycles. The van der Waals surface area contributed by atoms with Crippen LogP contribution >= 0.6 is 0 Å². The van der Waals surface area contributed by atoms with Gasteiger partial charge in [0.15, 0.2) is 5.82 Å². The minimum atomic E-state index is -0.330. The number of hydrogen-bond acceptors (Lipinski definition) is 5. The number of benzene rings is 2. The van der Waals surface area contributed by atoms with E-state index in [0.29, 0.717) is 36.0 Å². The van der Waals surface area contributed by atoms with Gasteiger partial charge in [0.05, 0.1) is 7.11 Å². The number of nitrogens with zero attached hydrogens (tertiary/aromatic N) is 3. The van der Waals surface area contributed by atoms with Gasteiger partial charge >= 0.3 is 0 Å². The summed E-state index contributed by atoms with van der Waals surface area (Å²) in [7, 11) is 1.59. The number of carbonyl (C=O) groups excluding carboxylic acids is 1. The summed E-state index contributed by atoms with van der Waals surface area (Å²) >= 11 is 0. The predicted molar refractivity (Wildman–Crippen MR) is 92.4 cm³/mol. The average Bonchev–Trinajstić information content (AvgIpc) is 3.29. The van der Waals surface area contributed by atoms with Crippen molar-refractivity contribution in [1.82, 2.24) is 10.1 Å². The Morgan fingerprint density at radius 1 is 1.23 bits per heavy atom. The van der Waals surface area contributed by atoms with Gasteiger partial charge in [-0.3, -0.25) is 4.79 Å². The van der Waals surface area contributed by atoms with Crippen LogP contribution < -0.4 is 9.64 Å².